The Morgan fingerprint density at radius 2 is 1.70 bits per heavy atom. The van der Waals surface area contributed by atoms with Crippen LogP contribution >= 0.6 is 0 Å². The SMILES string of the molecule is CC(C)(C)Oc1nc(OC[C@]2(COCc3ccccc3)CC2(F)F)nc2c(F)cc(F)cc12. The minimum Gasteiger partial charge on any atom is -0.471 e. The zero-order valence-electron chi connectivity index (χ0n) is 18.5. The van der Waals surface area contributed by atoms with Gasteiger partial charge in [-0.1, -0.05) is 30.3 Å². The van der Waals surface area contributed by atoms with Gasteiger partial charge in [0.05, 0.1) is 24.0 Å². The lowest BCUT2D eigenvalue weighted by Crippen LogP contribution is -2.27. The van der Waals surface area contributed by atoms with E-state index in [2.05, 4.69) is 9.97 Å². The molecule has 1 aliphatic carbocycles. The first-order valence-corrected chi connectivity index (χ1v) is 10.5. The molecule has 1 fully saturated rings. The Bertz CT molecular complexity index is 1150. The first kappa shape index (κ1) is 23.2. The number of hydrogen-bond donors (Lipinski definition) is 0. The minimum absolute atomic E-state index is 0.0208. The van der Waals surface area contributed by atoms with Gasteiger partial charge in [-0.2, -0.15) is 9.97 Å². The van der Waals surface area contributed by atoms with Crippen LogP contribution in [0.2, 0.25) is 0 Å². The molecule has 1 saturated carbocycles. The van der Waals surface area contributed by atoms with Crippen LogP contribution in [-0.2, 0) is 11.3 Å². The van der Waals surface area contributed by atoms with Crippen molar-refractivity contribution in [2.24, 2.45) is 5.41 Å². The average molecular weight is 464 g/mol. The Morgan fingerprint density at radius 3 is 2.33 bits per heavy atom. The number of hydrogen-bond acceptors (Lipinski definition) is 5. The Kier molecular flexibility index (Phi) is 5.94. The molecule has 0 bridgehead atoms. The number of aromatic nitrogens is 2. The molecule has 4 rings (SSSR count). The van der Waals surface area contributed by atoms with E-state index < -0.39 is 41.6 Å². The number of halogens is 4. The second-order valence-corrected chi connectivity index (χ2v) is 9.24. The summed E-state index contributed by atoms with van der Waals surface area (Å²) in [5, 5.41) is 0.0208. The van der Waals surface area contributed by atoms with Crippen LogP contribution in [0.15, 0.2) is 42.5 Å². The van der Waals surface area contributed by atoms with Gasteiger partial charge in [0.25, 0.3) is 5.92 Å². The number of ether oxygens (including phenoxy) is 3. The van der Waals surface area contributed by atoms with Gasteiger partial charge in [0.15, 0.2) is 5.82 Å². The van der Waals surface area contributed by atoms with Gasteiger partial charge >= 0.3 is 6.01 Å². The lowest BCUT2D eigenvalue weighted by Gasteiger charge is -2.22. The lowest BCUT2D eigenvalue weighted by atomic mass is 10.1. The van der Waals surface area contributed by atoms with Crippen molar-refractivity contribution in [1.82, 2.24) is 9.97 Å². The molecule has 2 aromatic carbocycles. The summed E-state index contributed by atoms with van der Waals surface area (Å²) in [6, 6.07) is 10.6. The van der Waals surface area contributed by atoms with Crippen LogP contribution in [0, 0.1) is 17.0 Å². The van der Waals surface area contributed by atoms with E-state index >= 15 is 0 Å². The Labute approximate surface area is 188 Å². The molecule has 0 aliphatic heterocycles. The normalized spacial score (nSPS) is 19.5. The van der Waals surface area contributed by atoms with Crippen LogP contribution in [0.5, 0.6) is 11.9 Å². The highest BCUT2D eigenvalue weighted by Gasteiger charge is 2.72. The Hall–Kier alpha value is -2.94. The van der Waals surface area contributed by atoms with Crippen molar-refractivity contribution < 1.29 is 31.8 Å². The molecule has 5 nitrogen and oxygen atoms in total. The number of benzene rings is 2. The van der Waals surface area contributed by atoms with E-state index in [4.69, 9.17) is 14.2 Å². The molecule has 3 aromatic rings. The predicted molar refractivity (Wildman–Crippen MR) is 113 cm³/mol. The van der Waals surface area contributed by atoms with Crippen LogP contribution < -0.4 is 9.47 Å². The van der Waals surface area contributed by atoms with Crippen molar-refractivity contribution in [2.45, 2.75) is 45.3 Å². The molecule has 9 heteroatoms. The number of fused-ring (bicyclic) bond motifs is 1. The largest absolute Gasteiger partial charge is 0.471 e. The molecule has 0 amide bonds. The van der Waals surface area contributed by atoms with E-state index in [1.807, 2.05) is 30.3 Å². The second-order valence-electron chi connectivity index (χ2n) is 9.24. The van der Waals surface area contributed by atoms with Crippen LogP contribution in [0.3, 0.4) is 0 Å². The van der Waals surface area contributed by atoms with E-state index in [0.29, 0.717) is 6.07 Å². The quantitative estimate of drug-likeness (QED) is 0.400. The third-order valence-corrected chi connectivity index (χ3v) is 5.24. The fraction of sp³-hybridized carbons (Fsp3) is 0.417. The molecule has 0 unspecified atom stereocenters. The summed E-state index contributed by atoms with van der Waals surface area (Å²) in [6.07, 6.45) is -0.409. The molecule has 1 aromatic heterocycles. The van der Waals surface area contributed by atoms with Gasteiger partial charge < -0.3 is 14.2 Å². The van der Waals surface area contributed by atoms with E-state index in [9.17, 15) is 17.6 Å². The van der Waals surface area contributed by atoms with E-state index in [1.165, 1.54) is 0 Å². The fourth-order valence-electron chi connectivity index (χ4n) is 3.42. The maximum atomic E-state index is 14.4. The molecule has 0 saturated heterocycles. The zero-order chi connectivity index (χ0) is 23.9. The monoisotopic (exact) mass is 464 g/mol. The van der Waals surface area contributed by atoms with Crippen molar-refractivity contribution in [2.75, 3.05) is 13.2 Å². The summed E-state index contributed by atoms with van der Waals surface area (Å²) >= 11 is 0. The van der Waals surface area contributed by atoms with Crippen molar-refractivity contribution in [3.8, 4) is 11.9 Å². The fourth-order valence-corrected chi connectivity index (χ4v) is 3.42. The van der Waals surface area contributed by atoms with Crippen molar-refractivity contribution >= 4 is 10.9 Å². The van der Waals surface area contributed by atoms with E-state index in [-0.39, 0.29) is 36.0 Å². The van der Waals surface area contributed by atoms with E-state index in [1.54, 1.807) is 20.8 Å². The van der Waals surface area contributed by atoms with Crippen LogP contribution in [0.25, 0.3) is 10.9 Å². The number of rotatable bonds is 8. The molecule has 1 aliphatic rings. The van der Waals surface area contributed by atoms with Crippen molar-refractivity contribution in [3.05, 3.63) is 59.7 Å². The number of nitrogens with zero attached hydrogens (tertiary/aromatic N) is 2. The summed E-state index contributed by atoms with van der Waals surface area (Å²) < 4.78 is 73.4. The van der Waals surface area contributed by atoms with Gasteiger partial charge in [0, 0.05) is 12.5 Å². The first-order valence-electron chi connectivity index (χ1n) is 10.5. The third kappa shape index (κ3) is 5.19. The molecule has 1 atom stereocenters. The summed E-state index contributed by atoms with van der Waals surface area (Å²) in [5.74, 6) is -4.82. The number of alkyl halides is 2. The molecule has 33 heavy (non-hydrogen) atoms. The maximum Gasteiger partial charge on any atom is 0.320 e. The standard InChI is InChI=1S/C24H24F4N2O3/c1-22(2,3)33-20-17-9-16(25)10-18(26)19(17)29-21(30-20)32-14-23(12-24(23,27)28)13-31-11-15-7-5-4-6-8-15/h4-10H,11-14H2,1-3H3/t23-/m1/s1. The molecule has 0 N–H and O–H groups in total. The first-order chi connectivity index (χ1) is 15.5. The predicted octanol–water partition coefficient (Wildman–Crippen LogP) is 5.71. The van der Waals surface area contributed by atoms with Crippen LogP contribution in [0.1, 0.15) is 32.8 Å². The zero-order valence-corrected chi connectivity index (χ0v) is 18.5. The lowest BCUT2D eigenvalue weighted by molar-refractivity contribution is -0.0174. The average Bonchev–Trinajstić information content (AvgIpc) is 3.27. The Balaban J connectivity index is 1.53. The van der Waals surface area contributed by atoms with Gasteiger partial charge in [-0.05, 0) is 32.4 Å². The molecule has 0 spiro atoms. The van der Waals surface area contributed by atoms with Gasteiger partial charge in [-0.15, -0.1) is 0 Å². The highest BCUT2D eigenvalue weighted by Crippen LogP contribution is 2.60. The van der Waals surface area contributed by atoms with Gasteiger partial charge in [-0.25, -0.2) is 17.6 Å². The second kappa shape index (κ2) is 8.44. The molecule has 1 heterocycles. The Morgan fingerprint density at radius 1 is 1.00 bits per heavy atom. The molecular weight excluding hydrogens is 440 g/mol. The topological polar surface area (TPSA) is 53.5 Å². The van der Waals surface area contributed by atoms with Crippen LogP contribution in [-0.4, -0.2) is 34.7 Å². The highest BCUT2D eigenvalue weighted by molar-refractivity contribution is 5.84. The molecular formula is C24H24F4N2O3. The van der Waals surface area contributed by atoms with E-state index in [0.717, 1.165) is 11.6 Å². The maximum absolute atomic E-state index is 14.4. The summed E-state index contributed by atoms with van der Waals surface area (Å²) in [6.45, 7) is 4.74. The van der Waals surface area contributed by atoms with Gasteiger partial charge in [0.2, 0.25) is 5.88 Å². The highest BCUT2D eigenvalue weighted by atomic mass is 19.3. The summed E-state index contributed by atoms with van der Waals surface area (Å²) in [4.78, 5) is 8.07. The smallest absolute Gasteiger partial charge is 0.320 e. The van der Waals surface area contributed by atoms with Crippen molar-refractivity contribution in [3.63, 3.8) is 0 Å². The summed E-state index contributed by atoms with van der Waals surface area (Å²) in [5.41, 5.74) is -1.64. The minimum atomic E-state index is -2.97. The summed E-state index contributed by atoms with van der Waals surface area (Å²) in [7, 11) is 0. The van der Waals surface area contributed by atoms with Gasteiger partial charge in [-0.3, -0.25) is 0 Å². The van der Waals surface area contributed by atoms with Gasteiger partial charge in [0.1, 0.15) is 23.5 Å². The van der Waals surface area contributed by atoms with Crippen molar-refractivity contribution in [1.29, 1.82) is 0 Å². The molecule has 0 radical (unpaired) electrons. The van der Waals surface area contributed by atoms with Crippen LogP contribution in [0.4, 0.5) is 17.6 Å². The molecule has 176 valence electrons. The third-order valence-electron chi connectivity index (χ3n) is 5.24.